The van der Waals surface area contributed by atoms with Crippen molar-refractivity contribution in [1.29, 1.82) is 0 Å². The van der Waals surface area contributed by atoms with Crippen LogP contribution in [0.25, 0.3) is 17.0 Å². The number of anilines is 3. The van der Waals surface area contributed by atoms with E-state index in [1.165, 1.54) is 18.5 Å². The lowest BCUT2D eigenvalue weighted by Gasteiger charge is -2.41. The van der Waals surface area contributed by atoms with Crippen LogP contribution in [0.4, 0.5) is 21.6 Å². The van der Waals surface area contributed by atoms with Crippen molar-refractivity contribution in [3.8, 4) is 0 Å². The van der Waals surface area contributed by atoms with E-state index in [-0.39, 0.29) is 10.6 Å². The van der Waals surface area contributed by atoms with Crippen LogP contribution in [0.3, 0.4) is 0 Å². The number of halogens is 2. The summed E-state index contributed by atoms with van der Waals surface area (Å²) in [5, 5.41) is 3.70. The van der Waals surface area contributed by atoms with Crippen molar-refractivity contribution < 1.29 is 12.8 Å². The molecule has 0 spiro atoms. The summed E-state index contributed by atoms with van der Waals surface area (Å²) in [7, 11) is -1.43. The largest absolute Gasteiger partial charge is 0.340 e. The molecule has 0 unspecified atom stereocenters. The smallest absolute Gasteiger partial charge is 0.229 e. The second-order valence-corrected chi connectivity index (χ2v) is 11.7. The van der Waals surface area contributed by atoms with Crippen LogP contribution in [0.2, 0.25) is 5.02 Å². The Morgan fingerprint density at radius 3 is 2.50 bits per heavy atom. The fourth-order valence-electron chi connectivity index (χ4n) is 4.14. The zero-order chi connectivity index (χ0) is 26.1. The molecule has 0 radical (unpaired) electrons. The van der Waals surface area contributed by atoms with Gasteiger partial charge in [0, 0.05) is 48.4 Å². The van der Waals surface area contributed by atoms with Crippen molar-refractivity contribution in [3.63, 3.8) is 0 Å². The monoisotopic (exact) mass is 532 g/mol. The predicted molar refractivity (Wildman–Crippen MR) is 145 cm³/mol. The molecule has 0 atom stereocenters. The Labute approximate surface area is 216 Å². The van der Waals surface area contributed by atoms with Crippen LogP contribution < -0.4 is 10.0 Å². The third kappa shape index (κ3) is 6.31. The molecule has 0 amide bonds. The number of benzene rings is 2. The normalized spacial score (nSPS) is 16.1. The fraction of sp³-hybridized carbons (Fsp3) is 0.360. The molecule has 1 fully saturated rings. The van der Waals surface area contributed by atoms with E-state index in [0.29, 0.717) is 33.7 Å². The molecule has 192 valence electrons. The molecule has 0 saturated carbocycles. The van der Waals surface area contributed by atoms with Gasteiger partial charge in [-0.2, -0.15) is 0 Å². The van der Waals surface area contributed by atoms with Crippen LogP contribution in [0, 0.1) is 5.82 Å². The molecule has 0 bridgehead atoms. The number of hydrogen-bond donors (Lipinski definition) is 2. The van der Waals surface area contributed by atoms with Gasteiger partial charge in [0.25, 0.3) is 0 Å². The molecular formula is C25H30ClFN6O2S. The quantitative estimate of drug-likeness (QED) is 0.460. The summed E-state index contributed by atoms with van der Waals surface area (Å²) >= 11 is 5.91. The van der Waals surface area contributed by atoms with Crippen LogP contribution in [-0.4, -0.2) is 73.2 Å². The lowest BCUT2D eigenvalue weighted by molar-refractivity contribution is 0.0900. The van der Waals surface area contributed by atoms with E-state index in [2.05, 4.69) is 56.8 Å². The van der Waals surface area contributed by atoms with Gasteiger partial charge in [0.2, 0.25) is 10.0 Å². The molecule has 8 nitrogen and oxygen atoms in total. The van der Waals surface area contributed by atoms with Gasteiger partial charge in [-0.3, -0.25) is 9.62 Å². The second kappa shape index (κ2) is 10.3. The van der Waals surface area contributed by atoms with Crippen LogP contribution in [0.1, 0.15) is 19.4 Å². The summed E-state index contributed by atoms with van der Waals surface area (Å²) < 4.78 is 40.5. The van der Waals surface area contributed by atoms with Gasteiger partial charge in [-0.25, -0.2) is 22.8 Å². The summed E-state index contributed by atoms with van der Waals surface area (Å²) in [4.78, 5) is 13.4. The first-order valence-corrected chi connectivity index (χ1v) is 13.8. The van der Waals surface area contributed by atoms with Crippen LogP contribution in [0.5, 0.6) is 0 Å². The number of fused-ring (bicyclic) bond motifs is 1. The molecule has 11 heteroatoms. The Balaban J connectivity index is 1.72. The van der Waals surface area contributed by atoms with E-state index in [1.54, 1.807) is 12.1 Å². The fourth-order valence-corrected chi connectivity index (χ4v) is 4.89. The van der Waals surface area contributed by atoms with Gasteiger partial charge in [0.05, 0.1) is 22.5 Å². The highest BCUT2D eigenvalue weighted by Crippen LogP contribution is 2.32. The minimum atomic E-state index is -3.55. The molecule has 0 aliphatic carbocycles. The maximum absolute atomic E-state index is 13.6. The van der Waals surface area contributed by atoms with E-state index >= 15 is 0 Å². The van der Waals surface area contributed by atoms with Crippen molar-refractivity contribution in [2.45, 2.75) is 19.4 Å². The Morgan fingerprint density at radius 2 is 1.83 bits per heavy atom. The highest BCUT2D eigenvalue weighted by molar-refractivity contribution is 7.92. The molecule has 2 heterocycles. The Kier molecular flexibility index (Phi) is 7.51. The summed E-state index contributed by atoms with van der Waals surface area (Å²) in [6.07, 6.45) is 6.55. The molecule has 1 saturated heterocycles. The minimum Gasteiger partial charge on any atom is -0.340 e. The van der Waals surface area contributed by atoms with Crippen molar-refractivity contribution in [1.82, 2.24) is 19.8 Å². The predicted octanol–water partition coefficient (Wildman–Crippen LogP) is 4.58. The van der Waals surface area contributed by atoms with Gasteiger partial charge >= 0.3 is 0 Å². The van der Waals surface area contributed by atoms with E-state index in [1.807, 2.05) is 12.1 Å². The lowest BCUT2D eigenvalue weighted by Crippen LogP contribution is -2.52. The minimum absolute atomic E-state index is 0.0202. The van der Waals surface area contributed by atoms with Crippen molar-refractivity contribution in [2.24, 2.45) is 0 Å². The first-order chi connectivity index (χ1) is 16.9. The van der Waals surface area contributed by atoms with Crippen molar-refractivity contribution >= 4 is 55.8 Å². The maximum Gasteiger partial charge on any atom is 0.229 e. The molecule has 2 N–H and O–H groups in total. The number of nitrogens with zero attached hydrogens (tertiary/aromatic N) is 4. The number of hydrogen-bond acceptors (Lipinski definition) is 7. The standard InChI is InChI=1S/C25H30ClFN6O2S/c1-25(2,33-11-9-32(3)10-12-33)8-7-17-13-23-19(15-22(17)31-36(4,34)35)24(29-16-28-23)30-18-5-6-21(27)20(26)14-18/h5-8,13-16,31H,9-12H2,1-4H3,(H,28,29,30)/b8-7-. The summed E-state index contributed by atoms with van der Waals surface area (Å²) in [5.41, 5.74) is 2.03. The van der Waals surface area contributed by atoms with Gasteiger partial charge in [-0.1, -0.05) is 23.8 Å². The third-order valence-electron chi connectivity index (χ3n) is 6.27. The average Bonchev–Trinajstić information content (AvgIpc) is 2.80. The maximum atomic E-state index is 13.6. The average molecular weight is 533 g/mol. The van der Waals surface area contributed by atoms with Gasteiger partial charge in [-0.15, -0.1) is 0 Å². The third-order valence-corrected chi connectivity index (χ3v) is 7.15. The molecule has 1 aromatic heterocycles. The summed E-state index contributed by atoms with van der Waals surface area (Å²) in [6.45, 7) is 8.21. The summed E-state index contributed by atoms with van der Waals surface area (Å²) in [6, 6.07) is 7.78. The molecule has 1 aliphatic heterocycles. The van der Waals surface area contributed by atoms with E-state index in [0.717, 1.165) is 32.4 Å². The Morgan fingerprint density at radius 1 is 1.11 bits per heavy atom. The highest BCUT2D eigenvalue weighted by Gasteiger charge is 2.26. The van der Waals surface area contributed by atoms with Crippen LogP contribution >= 0.6 is 11.6 Å². The Hall–Kier alpha value is -2.79. The number of sulfonamides is 1. The molecular weight excluding hydrogens is 503 g/mol. The molecule has 2 aromatic carbocycles. The van der Waals surface area contributed by atoms with Crippen LogP contribution in [0.15, 0.2) is 42.7 Å². The summed E-state index contributed by atoms with van der Waals surface area (Å²) in [5.74, 6) is -0.0853. The van der Waals surface area contributed by atoms with Crippen molar-refractivity contribution in [2.75, 3.05) is 49.5 Å². The van der Waals surface area contributed by atoms with Crippen LogP contribution in [-0.2, 0) is 10.0 Å². The van der Waals surface area contributed by atoms with E-state index < -0.39 is 15.8 Å². The lowest BCUT2D eigenvalue weighted by atomic mass is 9.98. The topological polar surface area (TPSA) is 90.5 Å². The van der Waals surface area contributed by atoms with Gasteiger partial charge < -0.3 is 10.2 Å². The number of likely N-dealkylation sites (N-methyl/N-ethyl adjacent to an activating group) is 1. The molecule has 3 aromatic rings. The second-order valence-electron chi connectivity index (χ2n) is 9.58. The van der Waals surface area contributed by atoms with E-state index in [4.69, 9.17) is 11.6 Å². The zero-order valence-corrected chi connectivity index (χ0v) is 22.3. The highest BCUT2D eigenvalue weighted by atomic mass is 35.5. The first-order valence-electron chi connectivity index (χ1n) is 11.5. The van der Waals surface area contributed by atoms with Crippen molar-refractivity contribution in [3.05, 3.63) is 59.1 Å². The molecule has 36 heavy (non-hydrogen) atoms. The number of nitrogens with one attached hydrogen (secondary N) is 2. The SMILES string of the molecule is CN1CCN(C(C)(C)/C=C\c2cc3ncnc(Nc4ccc(F)c(Cl)c4)c3cc2NS(C)(=O)=O)CC1. The molecule has 1 aliphatic rings. The zero-order valence-electron chi connectivity index (χ0n) is 20.7. The number of aromatic nitrogens is 2. The Bertz CT molecular complexity index is 1410. The molecule has 4 rings (SSSR count). The van der Waals surface area contributed by atoms with E-state index in [9.17, 15) is 12.8 Å². The van der Waals surface area contributed by atoms with Gasteiger partial charge in [0.15, 0.2) is 0 Å². The van der Waals surface area contributed by atoms with Gasteiger partial charge in [-0.05, 0) is 51.2 Å². The first kappa shape index (κ1) is 26.3. The number of piperazine rings is 1. The van der Waals surface area contributed by atoms with Gasteiger partial charge in [0.1, 0.15) is 18.0 Å². The number of rotatable bonds is 7.